The average molecular weight is 129 g/mol. The predicted octanol–water partition coefficient (Wildman–Crippen LogP) is -0.617. The molecule has 5 nitrogen and oxygen atoms in total. The number of aromatic amines is 1. The molecular weight excluding hydrogens is 122 g/mol. The lowest BCUT2D eigenvalue weighted by molar-refractivity contribution is 0.437. The minimum atomic E-state index is -0.567. The van der Waals surface area contributed by atoms with Crippen molar-refractivity contribution in [3.63, 3.8) is 0 Å². The van der Waals surface area contributed by atoms with Crippen molar-refractivity contribution in [1.82, 2.24) is 10.2 Å². The molecule has 0 radical (unpaired) electrons. The third kappa shape index (κ3) is 1.17. The second-order valence-electron chi connectivity index (χ2n) is 1.74. The van der Waals surface area contributed by atoms with Gasteiger partial charge in [0.15, 0.2) is 0 Å². The molecule has 0 unspecified atom stereocenters. The highest BCUT2D eigenvalue weighted by Crippen LogP contribution is 1.98. The summed E-state index contributed by atoms with van der Waals surface area (Å²) in [5, 5.41) is 5.58. The van der Waals surface area contributed by atoms with Crippen LogP contribution in [-0.4, -0.2) is 10.2 Å². The van der Waals surface area contributed by atoms with E-state index in [1.165, 1.54) is 0 Å². The van der Waals surface area contributed by atoms with Crippen LogP contribution in [0.25, 0.3) is 0 Å². The van der Waals surface area contributed by atoms with Gasteiger partial charge in [0.1, 0.15) is 0 Å². The van der Waals surface area contributed by atoms with E-state index in [9.17, 15) is 4.79 Å². The summed E-state index contributed by atoms with van der Waals surface area (Å²) in [6.45, 7) is 1.68. The van der Waals surface area contributed by atoms with Gasteiger partial charge in [-0.3, -0.25) is 0 Å². The van der Waals surface area contributed by atoms with Gasteiger partial charge in [-0.25, -0.2) is 9.89 Å². The molecule has 1 aromatic heterocycles. The summed E-state index contributed by atoms with van der Waals surface area (Å²) >= 11 is 0. The summed E-state index contributed by atoms with van der Waals surface area (Å²) in [5.41, 5.74) is 5.31. The van der Waals surface area contributed by atoms with Crippen molar-refractivity contribution in [2.24, 2.45) is 5.73 Å². The van der Waals surface area contributed by atoms with Crippen molar-refractivity contribution in [2.75, 3.05) is 0 Å². The highest BCUT2D eigenvalue weighted by molar-refractivity contribution is 4.79. The van der Waals surface area contributed by atoms with E-state index in [1.54, 1.807) is 6.92 Å². The first kappa shape index (κ1) is 6.03. The van der Waals surface area contributed by atoms with Gasteiger partial charge in [0.25, 0.3) is 0 Å². The normalized spacial score (nSPS) is 13.6. The van der Waals surface area contributed by atoms with Crippen LogP contribution in [0.5, 0.6) is 0 Å². The van der Waals surface area contributed by atoms with Crippen LogP contribution in [0.3, 0.4) is 0 Å². The highest BCUT2D eigenvalue weighted by Gasteiger charge is 2.04. The Hall–Kier alpha value is -1.10. The quantitative estimate of drug-likeness (QED) is 0.529. The SMILES string of the molecule is C[C@@H](N)c1n[nH]c(=O)o1. The number of H-pyrrole nitrogens is 1. The number of nitrogens with zero attached hydrogens (tertiary/aromatic N) is 1. The highest BCUT2D eigenvalue weighted by atomic mass is 16.4. The molecule has 1 aromatic rings. The van der Waals surface area contributed by atoms with Gasteiger partial charge in [0.2, 0.25) is 5.89 Å². The van der Waals surface area contributed by atoms with Crippen LogP contribution in [0.1, 0.15) is 18.9 Å². The summed E-state index contributed by atoms with van der Waals surface area (Å²) in [6, 6.07) is -0.330. The van der Waals surface area contributed by atoms with E-state index < -0.39 is 5.76 Å². The average Bonchev–Trinajstić information content (AvgIpc) is 2.14. The topological polar surface area (TPSA) is 84.9 Å². The van der Waals surface area contributed by atoms with Gasteiger partial charge in [-0.05, 0) is 6.92 Å². The van der Waals surface area contributed by atoms with E-state index in [2.05, 4.69) is 14.6 Å². The molecule has 50 valence electrons. The van der Waals surface area contributed by atoms with Crippen LogP contribution in [-0.2, 0) is 0 Å². The van der Waals surface area contributed by atoms with Gasteiger partial charge in [-0.1, -0.05) is 0 Å². The molecule has 0 spiro atoms. The Morgan fingerprint density at radius 3 is 2.78 bits per heavy atom. The molecule has 1 atom stereocenters. The molecule has 0 saturated carbocycles. The maximum atomic E-state index is 10.3. The molecule has 0 saturated heterocycles. The van der Waals surface area contributed by atoms with Crippen molar-refractivity contribution in [2.45, 2.75) is 13.0 Å². The molecule has 0 aliphatic carbocycles. The first-order chi connectivity index (χ1) is 4.20. The second kappa shape index (κ2) is 2.02. The Labute approximate surface area is 50.9 Å². The molecule has 3 N–H and O–H groups in total. The first-order valence-corrected chi connectivity index (χ1v) is 2.51. The fraction of sp³-hybridized carbons (Fsp3) is 0.500. The minimum Gasteiger partial charge on any atom is -0.391 e. The molecule has 0 amide bonds. The van der Waals surface area contributed by atoms with Gasteiger partial charge >= 0.3 is 5.76 Å². The lowest BCUT2D eigenvalue weighted by Crippen LogP contribution is -2.05. The number of hydrogen-bond donors (Lipinski definition) is 2. The third-order valence-corrected chi connectivity index (χ3v) is 0.844. The van der Waals surface area contributed by atoms with Crippen LogP contribution in [0.2, 0.25) is 0 Å². The summed E-state index contributed by atoms with van der Waals surface area (Å²) in [5.74, 6) is -0.331. The van der Waals surface area contributed by atoms with Crippen molar-refractivity contribution in [3.05, 3.63) is 16.4 Å². The van der Waals surface area contributed by atoms with E-state index in [0.717, 1.165) is 0 Å². The summed E-state index contributed by atoms with van der Waals surface area (Å²) in [4.78, 5) is 10.3. The smallest absolute Gasteiger partial charge is 0.391 e. The van der Waals surface area contributed by atoms with Crippen LogP contribution >= 0.6 is 0 Å². The standard InChI is InChI=1S/C4H7N3O2/c1-2(5)3-6-7-4(8)9-3/h2H,5H2,1H3,(H,7,8)/t2-/m1/s1. The summed E-state index contributed by atoms with van der Waals surface area (Å²) in [6.07, 6.45) is 0. The summed E-state index contributed by atoms with van der Waals surface area (Å²) < 4.78 is 4.50. The second-order valence-corrected chi connectivity index (χ2v) is 1.74. The van der Waals surface area contributed by atoms with E-state index in [4.69, 9.17) is 5.73 Å². The Morgan fingerprint density at radius 1 is 1.89 bits per heavy atom. The number of rotatable bonds is 1. The van der Waals surface area contributed by atoms with Crippen LogP contribution in [0.15, 0.2) is 9.21 Å². The Balaban J connectivity index is 2.98. The van der Waals surface area contributed by atoms with Gasteiger partial charge in [0.05, 0.1) is 6.04 Å². The molecule has 0 aromatic carbocycles. The van der Waals surface area contributed by atoms with Crippen molar-refractivity contribution in [3.8, 4) is 0 Å². The lowest BCUT2D eigenvalue weighted by Gasteiger charge is -1.91. The zero-order valence-electron chi connectivity index (χ0n) is 4.92. The van der Waals surface area contributed by atoms with Crippen LogP contribution in [0.4, 0.5) is 0 Å². The number of hydrogen-bond acceptors (Lipinski definition) is 4. The maximum Gasteiger partial charge on any atom is 0.434 e. The van der Waals surface area contributed by atoms with Gasteiger partial charge in [0, 0.05) is 0 Å². The Kier molecular flexibility index (Phi) is 1.35. The largest absolute Gasteiger partial charge is 0.434 e. The van der Waals surface area contributed by atoms with Crippen molar-refractivity contribution in [1.29, 1.82) is 0 Å². The fourth-order valence-corrected chi connectivity index (χ4v) is 0.436. The van der Waals surface area contributed by atoms with E-state index in [0.29, 0.717) is 0 Å². The van der Waals surface area contributed by atoms with Crippen LogP contribution < -0.4 is 11.5 Å². The van der Waals surface area contributed by atoms with Crippen molar-refractivity contribution >= 4 is 0 Å². The summed E-state index contributed by atoms with van der Waals surface area (Å²) in [7, 11) is 0. The lowest BCUT2D eigenvalue weighted by atomic mass is 10.4. The number of nitrogens with one attached hydrogen (secondary N) is 1. The monoisotopic (exact) mass is 129 g/mol. The fourth-order valence-electron chi connectivity index (χ4n) is 0.436. The Morgan fingerprint density at radius 2 is 2.56 bits per heavy atom. The zero-order chi connectivity index (χ0) is 6.85. The number of aromatic nitrogens is 2. The van der Waals surface area contributed by atoms with Gasteiger partial charge in [-0.2, -0.15) is 0 Å². The molecule has 0 fully saturated rings. The molecule has 0 aliphatic rings. The number of nitrogens with two attached hydrogens (primary N) is 1. The minimum absolute atomic E-state index is 0.236. The molecular formula is C4H7N3O2. The predicted molar refractivity (Wildman–Crippen MR) is 29.7 cm³/mol. The molecule has 5 heteroatoms. The van der Waals surface area contributed by atoms with E-state index in [-0.39, 0.29) is 11.9 Å². The van der Waals surface area contributed by atoms with E-state index >= 15 is 0 Å². The molecule has 9 heavy (non-hydrogen) atoms. The molecule has 0 bridgehead atoms. The van der Waals surface area contributed by atoms with Gasteiger partial charge in [-0.15, -0.1) is 5.10 Å². The Bertz CT molecular complexity index is 236. The molecule has 1 heterocycles. The molecule has 1 rings (SSSR count). The van der Waals surface area contributed by atoms with Crippen molar-refractivity contribution < 1.29 is 4.42 Å². The van der Waals surface area contributed by atoms with E-state index in [1.807, 2.05) is 0 Å². The first-order valence-electron chi connectivity index (χ1n) is 2.51. The third-order valence-electron chi connectivity index (χ3n) is 0.844. The maximum absolute atomic E-state index is 10.3. The van der Waals surface area contributed by atoms with Crippen LogP contribution in [0, 0.1) is 0 Å². The molecule has 0 aliphatic heterocycles. The zero-order valence-corrected chi connectivity index (χ0v) is 4.92. The van der Waals surface area contributed by atoms with Gasteiger partial charge < -0.3 is 10.2 Å².